The SMILES string of the molecule is CCc1nc2ccc(C3CCN(CC(=O)N4CC(O)C4)CC3)nn2c1N(C)c1ccnc(-c2ccc(F)cc2)n1. The van der Waals surface area contributed by atoms with Crippen LogP contribution in [0, 0.1) is 5.82 Å². The van der Waals surface area contributed by atoms with Crippen molar-refractivity contribution in [2.75, 3.05) is 44.7 Å². The monoisotopic (exact) mass is 544 g/mol. The Balaban J connectivity index is 1.22. The van der Waals surface area contributed by atoms with Gasteiger partial charge in [0.2, 0.25) is 5.91 Å². The fourth-order valence-electron chi connectivity index (χ4n) is 5.49. The van der Waals surface area contributed by atoms with Gasteiger partial charge in [0.05, 0.1) is 24.0 Å². The van der Waals surface area contributed by atoms with E-state index in [0.717, 1.165) is 60.8 Å². The number of hydrogen-bond donors (Lipinski definition) is 1. The lowest BCUT2D eigenvalue weighted by atomic mass is 9.93. The third-order valence-corrected chi connectivity index (χ3v) is 7.86. The maximum atomic E-state index is 13.4. The standard InChI is InChI=1S/C29H33FN8O2/c1-3-23-29(35(2)25-10-13-31-28(33-25)20-4-6-21(30)7-5-20)38-26(32-23)9-8-24(34-38)19-11-14-36(15-12-19)18-27(40)37-16-22(39)17-37/h4-10,13,19,22,39H,3,11-12,14-18H2,1-2H3. The maximum Gasteiger partial charge on any atom is 0.236 e. The van der Waals surface area contributed by atoms with Crippen molar-refractivity contribution in [1.82, 2.24) is 34.4 Å². The van der Waals surface area contributed by atoms with E-state index in [9.17, 15) is 14.3 Å². The molecule has 4 aromatic rings. The molecule has 1 amide bonds. The highest BCUT2D eigenvalue weighted by Gasteiger charge is 2.31. The number of aliphatic hydroxyl groups is 1. The molecule has 208 valence electrons. The lowest BCUT2D eigenvalue weighted by Crippen LogP contribution is -2.56. The molecule has 0 saturated carbocycles. The van der Waals surface area contributed by atoms with Crippen molar-refractivity contribution in [3.05, 3.63) is 65.9 Å². The van der Waals surface area contributed by atoms with E-state index in [1.807, 2.05) is 28.6 Å². The second-order valence-corrected chi connectivity index (χ2v) is 10.6. The number of piperidine rings is 1. The Labute approximate surface area is 232 Å². The highest BCUT2D eigenvalue weighted by Crippen LogP contribution is 2.31. The highest BCUT2D eigenvalue weighted by molar-refractivity contribution is 5.79. The number of hydrogen-bond acceptors (Lipinski definition) is 8. The summed E-state index contributed by atoms with van der Waals surface area (Å²) in [7, 11) is 1.94. The Morgan fingerprint density at radius 2 is 1.82 bits per heavy atom. The van der Waals surface area contributed by atoms with E-state index >= 15 is 0 Å². The molecule has 2 aliphatic heterocycles. The molecule has 3 aromatic heterocycles. The van der Waals surface area contributed by atoms with Gasteiger partial charge in [0.15, 0.2) is 17.3 Å². The molecule has 0 radical (unpaired) electrons. The van der Waals surface area contributed by atoms with Gasteiger partial charge in [0.25, 0.3) is 0 Å². The number of β-amino-alcohol motifs (C(OH)–C–C–N with tert-alkyl or cyclic N) is 1. The van der Waals surface area contributed by atoms with Crippen LogP contribution in [0.25, 0.3) is 17.0 Å². The number of carbonyl (C=O) groups is 1. The van der Waals surface area contributed by atoms with Crippen LogP contribution in [0.2, 0.25) is 0 Å². The topological polar surface area (TPSA) is 103 Å². The van der Waals surface area contributed by atoms with Crippen LogP contribution < -0.4 is 4.90 Å². The maximum absolute atomic E-state index is 13.4. The summed E-state index contributed by atoms with van der Waals surface area (Å²) in [6.45, 7) is 5.03. The van der Waals surface area contributed by atoms with E-state index in [1.54, 1.807) is 23.2 Å². The average molecular weight is 545 g/mol. The highest BCUT2D eigenvalue weighted by atomic mass is 19.1. The van der Waals surface area contributed by atoms with Gasteiger partial charge in [-0.05, 0) is 74.8 Å². The predicted octanol–water partition coefficient (Wildman–Crippen LogP) is 3.04. The second kappa shape index (κ2) is 10.9. The molecule has 1 N–H and O–H groups in total. The van der Waals surface area contributed by atoms with Crippen LogP contribution in [0.1, 0.15) is 37.1 Å². The summed E-state index contributed by atoms with van der Waals surface area (Å²) in [5, 5.41) is 14.5. The Kier molecular flexibility index (Phi) is 7.16. The van der Waals surface area contributed by atoms with E-state index in [-0.39, 0.29) is 23.7 Å². The van der Waals surface area contributed by atoms with Gasteiger partial charge < -0.3 is 14.9 Å². The first-order valence-corrected chi connectivity index (χ1v) is 13.8. The van der Waals surface area contributed by atoms with E-state index < -0.39 is 0 Å². The first-order valence-electron chi connectivity index (χ1n) is 13.8. The molecular weight excluding hydrogens is 511 g/mol. The molecule has 0 unspecified atom stereocenters. The number of aryl methyl sites for hydroxylation is 1. The summed E-state index contributed by atoms with van der Waals surface area (Å²) in [6, 6.07) is 12.1. The van der Waals surface area contributed by atoms with Gasteiger partial charge in [0.1, 0.15) is 11.6 Å². The minimum absolute atomic E-state index is 0.0915. The number of rotatable bonds is 7. The second-order valence-electron chi connectivity index (χ2n) is 10.6. The molecule has 10 nitrogen and oxygen atoms in total. The van der Waals surface area contributed by atoms with Crippen LogP contribution >= 0.6 is 0 Å². The summed E-state index contributed by atoms with van der Waals surface area (Å²) in [5.74, 6) is 2.13. The van der Waals surface area contributed by atoms with Crippen LogP contribution in [-0.2, 0) is 11.2 Å². The van der Waals surface area contributed by atoms with Crippen LogP contribution in [0.5, 0.6) is 0 Å². The zero-order valence-electron chi connectivity index (χ0n) is 22.7. The number of imidazole rings is 1. The average Bonchev–Trinajstić information content (AvgIpc) is 3.34. The van der Waals surface area contributed by atoms with Crippen LogP contribution in [-0.4, -0.2) is 91.3 Å². The molecule has 40 heavy (non-hydrogen) atoms. The molecular formula is C29H33FN8O2. The molecule has 0 spiro atoms. The van der Waals surface area contributed by atoms with Crippen molar-refractivity contribution < 1.29 is 14.3 Å². The van der Waals surface area contributed by atoms with Crippen molar-refractivity contribution in [2.24, 2.45) is 0 Å². The summed E-state index contributed by atoms with van der Waals surface area (Å²) in [4.78, 5) is 32.3. The molecule has 11 heteroatoms. The summed E-state index contributed by atoms with van der Waals surface area (Å²) in [6.07, 6.45) is 3.90. The number of aliphatic hydroxyl groups excluding tert-OH is 1. The van der Waals surface area contributed by atoms with Crippen LogP contribution in [0.4, 0.5) is 16.0 Å². The molecule has 0 atom stereocenters. The lowest BCUT2D eigenvalue weighted by Gasteiger charge is -2.38. The smallest absolute Gasteiger partial charge is 0.236 e. The van der Waals surface area contributed by atoms with Gasteiger partial charge in [-0.15, -0.1) is 0 Å². The fraction of sp³-hybridized carbons (Fsp3) is 0.414. The third-order valence-electron chi connectivity index (χ3n) is 7.86. The molecule has 6 rings (SSSR count). The number of aromatic nitrogens is 5. The van der Waals surface area contributed by atoms with Crippen LogP contribution in [0.15, 0.2) is 48.7 Å². The van der Waals surface area contributed by atoms with Crippen molar-refractivity contribution in [1.29, 1.82) is 0 Å². The molecule has 2 fully saturated rings. The lowest BCUT2D eigenvalue weighted by molar-refractivity contribution is -0.142. The Bertz CT molecular complexity index is 1510. The minimum atomic E-state index is -0.373. The van der Waals surface area contributed by atoms with Gasteiger partial charge in [0, 0.05) is 37.8 Å². The number of nitrogens with zero attached hydrogens (tertiary/aromatic N) is 8. The largest absolute Gasteiger partial charge is 0.389 e. The quantitative estimate of drug-likeness (QED) is 0.379. The fourth-order valence-corrected chi connectivity index (χ4v) is 5.49. The van der Waals surface area contributed by atoms with Crippen molar-refractivity contribution >= 4 is 23.2 Å². The van der Waals surface area contributed by atoms with E-state index in [4.69, 9.17) is 15.1 Å². The van der Waals surface area contributed by atoms with Crippen molar-refractivity contribution in [3.8, 4) is 11.4 Å². The number of benzene rings is 1. The van der Waals surface area contributed by atoms with Crippen molar-refractivity contribution in [2.45, 2.75) is 38.2 Å². The Morgan fingerprint density at radius 1 is 1.07 bits per heavy atom. The van der Waals surface area contributed by atoms with Gasteiger partial charge in [-0.1, -0.05) is 6.92 Å². The summed E-state index contributed by atoms with van der Waals surface area (Å²) in [5.41, 5.74) is 3.43. The molecule has 0 aliphatic carbocycles. The van der Waals surface area contributed by atoms with Crippen molar-refractivity contribution in [3.63, 3.8) is 0 Å². The first-order chi connectivity index (χ1) is 19.4. The van der Waals surface area contributed by atoms with E-state index in [0.29, 0.717) is 31.3 Å². The number of carbonyl (C=O) groups excluding carboxylic acids is 1. The van der Waals surface area contributed by atoms with Gasteiger partial charge in [-0.2, -0.15) is 9.61 Å². The molecule has 5 heterocycles. The Hall–Kier alpha value is -3.96. The number of anilines is 2. The number of likely N-dealkylation sites (tertiary alicyclic amines) is 2. The number of halogens is 1. The van der Waals surface area contributed by atoms with E-state index in [2.05, 4.69) is 22.9 Å². The molecule has 2 aliphatic rings. The normalized spacial score (nSPS) is 16.9. The first kappa shape index (κ1) is 26.3. The molecule has 1 aromatic carbocycles. The number of fused-ring (bicyclic) bond motifs is 1. The van der Waals surface area contributed by atoms with Crippen LogP contribution in [0.3, 0.4) is 0 Å². The van der Waals surface area contributed by atoms with Gasteiger partial charge >= 0.3 is 0 Å². The third kappa shape index (κ3) is 5.14. The zero-order chi connectivity index (χ0) is 27.8. The van der Waals surface area contributed by atoms with Gasteiger partial charge in [-0.25, -0.2) is 19.3 Å². The summed E-state index contributed by atoms with van der Waals surface area (Å²) < 4.78 is 15.3. The zero-order valence-corrected chi connectivity index (χ0v) is 22.7. The molecule has 0 bridgehead atoms. The number of amides is 1. The summed E-state index contributed by atoms with van der Waals surface area (Å²) >= 11 is 0. The van der Waals surface area contributed by atoms with E-state index in [1.165, 1.54) is 12.1 Å². The molecule has 2 saturated heterocycles. The van der Waals surface area contributed by atoms with Gasteiger partial charge in [-0.3, -0.25) is 9.69 Å². The Morgan fingerprint density at radius 3 is 2.52 bits per heavy atom. The minimum Gasteiger partial charge on any atom is -0.389 e. The predicted molar refractivity (Wildman–Crippen MR) is 149 cm³/mol.